The summed E-state index contributed by atoms with van der Waals surface area (Å²) in [4.78, 5) is 13.1. The summed E-state index contributed by atoms with van der Waals surface area (Å²) in [5.41, 5.74) is 2.84. The van der Waals surface area contributed by atoms with Crippen LogP contribution in [0.3, 0.4) is 0 Å². The Morgan fingerprint density at radius 3 is 2.75 bits per heavy atom. The van der Waals surface area contributed by atoms with E-state index in [0.717, 1.165) is 19.3 Å². The molecule has 158 valence electrons. The van der Waals surface area contributed by atoms with E-state index in [1.807, 2.05) is 0 Å². The van der Waals surface area contributed by atoms with Crippen molar-refractivity contribution in [3.63, 3.8) is 0 Å². The molecular weight excluding hydrogens is 352 g/mol. The number of fused-ring (bicyclic) bond motifs is 3. The molecule has 0 spiro atoms. The number of carbonyl (C=O) groups is 1. The van der Waals surface area contributed by atoms with Crippen molar-refractivity contribution in [3.8, 4) is 0 Å². The predicted molar refractivity (Wildman–Crippen MR) is 111 cm³/mol. The average Bonchev–Trinajstić information content (AvgIpc) is 2.67. The third kappa shape index (κ3) is 3.95. The highest BCUT2D eigenvalue weighted by Crippen LogP contribution is 2.62. The third-order valence-corrected chi connectivity index (χ3v) is 7.74. The van der Waals surface area contributed by atoms with Gasteiger partial charge in [-0.3, -0.25) is 4.79 Å². The zero-order valence-corrected chi connectivity index (χ0v) is 18.1. The van der Waals surface area contributed by atoms with E-state index >= 15 is 0 Å². The third-order valence-electron chi connectivity index (χ3n) is 7.74. The second-order valence-electron chi connectivity index (χ2n) is 9.71. The molecule has 1 N–H and O–H groups in total. The number of hydrogen-bond acceptors (Lipinski definition) is 4. The SMILES string of the molecule is CC(C)C1=CC2=CC[C@@H]3[C@](C)(CCC[C@@]3(C)C(=O)OCCOCCO)[C@H]2CC1. The maximum atomic E-state index is 13.1. The molecule has 4 nitrogen and oxygen atoms in total. The van der Waals surface area contributed by atoms with Gasteiger partial charge in [0.15, 0.2) is 0 Å². The molecule has 0 aromatic heterocycles. The van der Waals surface area contributed by atoms with Crippen molar-refractivity contribution in [3.05, 3.63) is 23.3 Å². The number of carbonyl (C=O) groups excluding carboxylic acids is 1. The lowest BCUT2D eigenvalue weighted by atomic mass is 9.47. The molecule has 0 saturated heterocycles. The minimum atomic E-state index is -0.423. The van der Waals surface area contributed by atoms with Gasteiger partial charge in [-0.15, -0.1) is 0 Å². The number of aliphatic hydroxyl groups is 1. The van der Waals surface area contributed by atoms with Gasteiger partial charge in [0.2, 0.25) is 0 Å². The summed E-state index contributed by atoms with van der Waals surface area (Å²) in [5, 5.41) is 8.78. The number of hydrogen-bond donors (Lipinski definition) is 1. The topological polar surface area (TPSA) is 55.8 Å². The van der Waals surface area contributed by atoms with E-state index < -0.39 is 5.41 Å². The summed E-state index contributed by atoms with van der Waals surface area (Å²) in [5.74, 6) is 1.45. The van der Waals surface area contributed by atoms with Crippen LogP contribution in [0.15, 0.2) is 23.3 Å². The molecule has 28 heavy (non-hydrogen) atoms. The van der Waals surface area contributed by atoms with E-state index in [4.69, 9.17) is 14.6 Å². The van der Waals surface area contributed by atoms with E-state index in [1.165, 1.54) is 24.8 Å². The highest BCUT2D eigenvalue weighted by Gasteiger charge is 2.57. The number of ether oxygens (including phenoxy) is 2. The lowest BCUT2D eigenvalue weighted by molar-refractivity contribution is -0.170. The molecule has 0 radical (unpaired) electrons. The standard InChI is InChI=1S/C24H38O4/c1-17(2)18-6-8-20-19(16-18)7-9-21-23(20,3)10-5-11-24(21,4)22(26)28-15-14-27-13-12-25/h7,16-17,20-21,25H,5-6,8-15H2,1-4H3/t20-,21+,23+,24+/m0/s1. The Labute approximate surface area is 170 Å². The van der Waals surface area contributed by atoms with Crippen LogP contribution in [-0.4, -0.2) is 37.5 Å². The molecular formula is C24H38O4. The molecule has 1 saturated carbocycles. The molecule has 4 atom stereocenters. The first-order chi connectivity index (χ1) is 13.3. The lowest BCUT2D eigenvalue weighted by Gasteiger charge is -2.57. The van der Waals surface area contributed by atoms with Crippen molar-refractivity contribution < 1.29 is 19.4 Å². The summed E-state index contributed by atoms with van der Waals surface area (Å²) < 4.78 is 10.9. The summed E-state index contributed by atoms with van der Waals surface area (Å²) in [6.07, 6.45) is 11.4. The Balaban J connectivity index is 1.76. The first-order valence-corrected chi connectivity index (χ1v) is 11.1. The van der Waals surface area contributed by atoms with E-state index in [2.05, 4.69) is 39.8 Å². The lowest BCUT2D eigenvalue weighted by Crippen LogP contribution is -2.53. The average molecular weight is 391 g/mol. The van der Waals surface area contributed by atoms with Crippen LogP contribution >= 0.6 is 0 Å². The molecule has 0 aromatic carbocycles. The number of rotatable bonds is 7. The van der Waals surface area contributed by atoms with Gasteiger partial charge in [-0.25, -0.2) is 0 Å². The highest BCUT2D eigenvalue weighted by atomic mass is 16.6. The summed E-state index contributed by atoms with van der Waals surface area (Å²) in [7, 11) is 0. The minimum absolute atomic E-state index is 0.00484. The van der Waals surface area contributed by atoms with Crippen molar-refractivity contribution in [1.82, 2.24) is 0 Å². The fourth-order valence-corrected chi connectivity index (χ4v) is 6.11. The quantitative estimate of drug-likeness (QED) is 0.507. The van der Waals surface area contributed by atoms with Gasteiger partial charge in [0.1, 0.15) is 6.61 Å². The number of esters is 1. The normalized spacial score (nSPS) is 34.9. The smallest absolute Gasteiger partial charge is 0.312 e. The van der Waals surface area contributed by atoms with E-state index in [-0.39, 0.29) is 31.2 Å². The Kier molecular flexibility index (Phi) is 6.71. The number of allylic oxidation sites excluding steroid dienone is 4. The van der Waals surface area contributed by atoms with Crippen molar-refractivity contribution in [2.24, 2.45) is 28.6 Å². The monoisotopic (exact) mass is 390 g/mol. The van der Waals surface area contributed by atoms with Gasteiger partial charge in [0.05, 0.1) is 25.2 Å². The molecule has 3 aliphatic carbocycles. The first-order valence-electron chi connectivity index (χ1n) is 11.1. The van der Waals surface area contributed by atoms with E-state index in [9.17, 15) is 4.79 Å². The van der Waals surface area contributed by atoms with Crippen LogP contribution < -0.4 is 0 Å². The molecule has 0 amide bonds. The van der Waals surface area contributed by atoms with Gasteiger partial charge in [0.25, 0.3) is 0 Å². The maximum absolute atomic E-state index is 13.1. The maximum Gasteiger partial charge on any atom is 0.312 e. The molecule has 1 fully saturated rings. The van der Waals surface area contributed by atoms with E-state index in [1.54, 1.807) is 5.57 Å². The predicted octanol–water partition coefficient (Wildman–Crippen LogP) is 4.67. The Morgan fingerprint density at radius 1 is 1.25 bits per heavy atom. The molecule has 0 aliphatic heterocycles. The summed E-state index contributed by atoms with van der Waals surface area (Å²) in [6, 6.07) is 0. The van der Waals surface area contributed by atoms with Crippen LogP contribution in [0.4, 0.5) is 0 Å². The Morgan fingerprint density at radius 2 is 2.04 bits per heavy atom. The summed E-state index contributed by atoms with van der Waals surface area (Å²) in [6.45, 7) is 10.0. The highest BCUT2D eigenvalue weighted by molar-refractivity contribution is 5.77. The van der Waals surface area contributed by atoms with Crippen LogP contribution in [0.5, 0.6) is 0 Å². The second kappa shape index (κ2) is 8.71. The molecule has 0 unspecified atom stereocenters. The van der Waals surface area contributed by atoms with Crippen LogP contribution in [0, 0.1) is 28.6 Å². The second-order valence-corrected chi connectivity index (χ2v) is 9.71. The van der Waals surface area contributed by atoms with Crippen molar-refractivity contribution >= 4 is 5.97 Å². The van der Waals surface area contributed by atoms with Crippen LogP contribution in [0.1, 0.15) is 66.2 Å². The minimum Gasteiger partial charge on any atom is -0.463 e. The fourth-order valence-electron chi connectivity index (χ4n) is 6.11. The van der Waals surface area contributed by atoms with Crippen LogP contribution in [-0.2, 0) is 14.3 Å². The first kappa shape index (κ1) is 21.6. The molecule has 0 aromatic rings. The van der Waals surface area contributed by atoms with Gasteiger partial charge in [-0.2, -0.15) is 0 Å². The largest absolute Gasteiger partial charge is 0.463 e. The molecule has 4 heteroatoms. The van der Waals surface area contributed by atoms with Gasteiger partial charge in [-0.05, 0) is 67.8 Å². The fraction of sp³-hybridized carbons (Fsp3) is 0.792. The van der Waals surface area contributed by atoms with Crippen molar-refractivity contribution in [2.75, 3.05) is 26.4 Å². The van der Waals surface area contributed by atoms with E-state index in [0.29, 0.717) is 24.4 Å². The zero-order chi connectivity index (χ0) is 20.4. The van der Waals surface area contributed by atoms with Gasteiger partial charge in [-0.1, -0.05) is 44.9 Å². The van der Waals surface area contributed by atoms with Gasteiger partial charge in [0, 0.05) is 0 Å². The van der Waals surface area contributed by atoms with Crippen LogP contribution in [0.2, 0.25) is 0 Å². The van der Waals surface area contributed by atoms with Crippen molar-refractivity contribution in [1.29, 1.82) is 0 Å². The Bertz CT molecular complexity index is 635. The Hall–Kier alpha value is -1.13. The molecule has 3 aliphatic rings. The van der Waals surface area contributed by atoms with Gasteiger partial charge >= 0.3 is 5.97 Å². The van der Waals surface area contributed by atoms with Crippen molar-refractivity contribution in [2.45, 2.75) is 66.2 Å². The zero-order valence-electron chi connectivity index (χ0n) is 18.1. The molecule has 3 rings (SSSR count). The van der Waals surface area contributed by atoms with Crippen LogP contribution in [0.25, 0.3) is 0 Å². The number of aliphatic hydroxyl groups excluding tert-OH is 1. The molecule has 0 bridgehead atoms. The molecule has 0 heterocycles. The summed E-state index contributed by atoms with van der Waals surface area (Å²) >= 11 is 0. The van der Waals surface area contributed by atoms with Gasteiger partial charge < -0.3 is 14.6 Å².